The molecule has 0 radical (unpaired) electrons. The van der Waals surface area contributed by atoms with Crippen molar-refractivity contribution in [2.24, 2.45) is 10.9 Å². The van der Waals surface area contributed by atoms with Gasteiger partial charge in [0.25, 0.3) is 5.91 Å². The summed E-state index contributed by atoms with van der Waals surface area (Å²) in [5.74, 6) is -0.0738. The van der Waals surface area contributed by atoms with E-state index < -0.39 is 0 Å². The molecule has 0 aliphatic carbocycles. The number of nitrogens with two attached hydrogens (primary N) is 1. The number of benzene rings is 3. The summed E-state index contributed by atoms with van der Waals surface area (Å²) in [5, 5.41) is 15.6. The van der Waals surface area contributed by atoms with E-state index in [1.54, 1.807) is 12.1 Å². The molecule has 3 aromatic carbocycles. The van der Waals surface area contributed by atoms with Gasteiger partial charge in [0.15, 0.2) is 5.84 Å². The van der Waals surface area contributed by atoms with Gasteiger partial charge in [-0.2, -0.15) is 0 Å². The van der Waals surface area contributed by atoms with Crippen molar-refractivity contribution in [1.82, 2.24) is 9.88 Å². The molecule has 1 amide bonds. The van der Waals surface area contributed by atoms with Crippen molar-refractivity contribution in [3.05, 3.63) is 107 Å². The number of fused-ring (bicyclic) bond motifs is 1. The van der Waals surface area contributed by atoms with Gasteiger partial charge in [0.2, 0.25) is 0 Å². The van der Waals surface area contributed by atoms with Crippen LogP contribution in [0.3, 0.4) is 0 Å². The molecule has 6 nitrogen and oxygen atoms in total. The summed E-state index contributed by atoms with van der Waals surface area (Å²) < 4.78 is 2.10. The number of hydrogen-bond acceptors (Lipinski definition) is 3. The van der Waals surface area contributed by atoms with Gasteiger partial charge in [-0.25, -0.2) is 0 Å². The molecule has 1 aromatic heterocycles. The molecule has 0 atom stereocenters. The maximum Gasteiger partial charge on any atom is 0.253 e. The van der Waals surface area contributed by atoms with Crippen molar-refractivity contribution >= 4 is 22.6 Å². The van der Waals surface area contributed by atoms with Crippen LogP contribution in [0.15, 0.2) is 90.2 Å². The number of carbonyl (C=O) groups excluding carboxylic acids is 1. The lowest BCUT2D eigenvalue weighted by atomic mass is 10.1. The number of nitrogens with zero attached hydrogens (tertiary/aromatic N) is 2. The van der Waals surface area contributed by atoms with Gasteiger partial charge in [-0.05, 0) is 17.2 Å². The third kappa shape index (κ3) is 4.03. The Labute approximate surface area is 174 Å². The van der Waals surface area contributed by atoms with Crippen LogP contribution in [0.1, 0.15) is 27.0 Å². The maximum atomic E-state index is 12.9. The monoisotopic (exact) mass is 398 g/mol. The minimum Gasteiger partial charge on any atom is -0.409 e. The van der Waals surface area contributed by atoms with Gasteiger partial charge in [-0.15, -0.1) is 0 Å². The Hall–Kier alpha value is -4.06. The fraction of sp³-hybridized carbons (Fsp3) is 0.0833. The Morgan fingerprint density at radius 1 is 0.933 bits per heavy atom. The average molecular weight is 398 g/mol. The van der Waals surface area contributed by atoms with Crippen molar-refractivity contribution in [2.45, 2.75) is 13.1 Å². The Bertz CT molecular complexity index is 1200. The second-order valence-electron chi connectivity index (χ2n) is 7.04. The fourth-order valence-corrected chi connectivity index (χ4v) is 3.47. The smallest absolute Gasteiger partial charge is 0.253 e. The van der Waals surface area contributed by atoms with Crippen molar-refractivity contribution in [3.8, 4) is 0 Å². The first kappa shape index (κ1) is 19.3. The number of nitrogens with one attached hydrogen (secondary N) is 1. The van der Waals surface area contributed by atoms with Crippen LogP contribution in [0.5, 0.6) is 0 Å². The standard InChI is InChI=1S/C24H22N4O2/c25-23(27-30)19-12-10-17(11-13-19)14-26-24(29)21-16-28(15-18-6-2-1-3-7-18)22-9-5-4-8-20(21)22/h1-13,16,30H,14-15H2,(H2,25,27)(H,26,29). The highest BCUT2D eigenvalue weighted by Gasteiger charge is 2.15. The third-order valence-electron chi connectivity index (χ3n) is 5.04. The van der Waals surface area contributed by atoms with E-state index in [1.807, 2.05) is 60.8 Å². The van der Waals surface area contributed by atoms with E-state index in [4.69, 9.17) is 10.9 Å². The second-order valence-corrected chi connectivity index (χ2v) is 7.04. The van der Waals surface area contributed by atoms with Crippen molar-refractivity contribution in [1.29, 1.82) is 0 Å². The second kappa shape index (κ2) is 8.53. The van der Waals surface area contributed by atoms with E-state index in [2.05, 4.69) is 27.2 Å². The summed E-state index contributed by atoms with van der Waals surface area (Å²) in [6.07, 6.45) is 1.91. The van der Waals surface area contributed by atoms with Gasteiger partial charge in [0, 0.05) is 35.8 Å². The van der Waals surface area contributed by atoms with Gasteiger partial charge < -0.3 is 20.8 Å². The normalized spacial score (nSPS) is 11.5. The predicted molar refractivity (Wildman–Crippen MR) is 118 cm³/mol. The first-order valence-corrected chi connectivity index (χ1v) is 9.62. The molecule has 0 bridgehead atoms. The summed E-state index contributed by atoms with van der Waals surface area (Å²) >= 11 is 0. The summed E-state index contributed by atoms with van der Waals surface area (Å²) in [6.45, 7) is 1.08. The van der Waals surface area contributed by atoms with Crippen LogP contribution in [0, 0.1) is 0 Å². The van der Waals surface area contributed by atoms with Crippen LogP contribution >= 0.6 is 0 Å². The lowest BCUT2D eigenvalue weighted by Gasteiger charge is -2.06. The minimum absolute atomic E-state index is 0.0526. The molecule has 4 N–H and O–H groups in total. The fourth-order valence-electron chi connectivity index (χ4n) is 3.47. The molecule has 30 heavy (non-hydrogen) atoms. The van der Waals surface area contributed by atoms with Gasteiger partial charge in [-0.1, -0.05) is 78.0 Å². The number of amidine groups is 1. The van der Waals surface area contributed by atoms with Crippen LogP contribution in [0.2, 0.25) is 0 Å². The molecule has 0 spiro atoms. The Kier molecular flexibility index (Phi) is 5.48. The van der Waals surface area contributed by atoms with Crippen molar-refractivity contribution < 1.29 is 10.0 Å². The molecule has 0 aliphatic rings. The molecule has 0 saturated heterocycles. The highest BCUT2D eigenvalue weighted by molar-refractivity contribution is 6.07. The average Bonchev–Trinajstić information content (AvgIpc) is 3.16. The van der Waals surface area contributed by atoms with Crippen LogP contribution in [-0.4, -0.2) is 21.5 Å². The quantitative estimate of drug-likeness (QED) is 0.200. The van der Waals surface area contributed by atoms with Crippen LogP contribution in [0.4, 0.5) is 0 Å². The van der Waals surface area contributed by atoms with E-state index in [1.165, 1.54) is 5.56 Å². The SMILES string of the molecule is N/C(=N/O)c1ccc(CNC(=O)c2cn(Cc3ccccc3)c3ccccc23)cc1. The Balaban J connectivity index is 1.53. The van der Waals surface area contributed by atoms with Crippen LogP contribution in [-0.2, 0) is 13.1 Å². The molecule has 1 heterocycles. The van der Waals surface area contributed by atoms with Gasteiger partial charge >= 0.3 is 0 Å². The molecular weight excluding hydrogens is 376 g/mol. The molecule has 6 heteroatoms. The zero-order valence-corrected chi connectivity index (χ0v) is 16.3. The zero-order chi connectivity index (χ0) is 20.9. The van der Waals surface area contributed by atoms with Gasteiger partial charge in [0.05, 0.1) is 5.56 Å². The Morgan fingerprint density at radius 2 is 1.63 bits per heavy atom. The summed E-state index contributed by atoms with van der Waals surface area (Å²) in [5.41, 5.74) is 9.97. The third-order valence-corrected chi connectivity index (χ3v) is 5.04. The largest absolute Gasteiger partial charge is 0.409 e. The van der Waals surface area contributed by atoms with E-state index in [-0.39, 0.29) is 11.7 Å². The summed E-state index contributed by atoms with van der Waals surface area (Å²) in [7, 11) is 0. The first-order valence-electron chi connectivity index (χ1n) is 9.62. The topological polar surface area (TPSA) is 92.6 Å². The lowest BCUT2D eigenvalue weighted by molar-refractivity contribution is 0.0952. The molecule has 0 saturated carbocycles. The van der Waals surface area contributed by atoms with Crippen molar-refractivity contribution in [3.63, 3.8) is 0 Å². The lowest BCUT2D eigenvalue weighted by Crippen LogP contribution is -2.22. The summed E-state index contributed by atoms with van der Waals surface area (Å²) in [6, 6.07) is 25.3. The number of hydrogen-bond donors (Lipinski definition) is 3. The molecule has 0 fully saturated rings. The maximum absolute atomic E-state index is 12.9. The van der Waals surface area contributed by atoms with E-state index in [0.717, 1.165) is 16.5 Å². The van der Waals surface area contributed by atoms with Crippen LogP contribution in [0.25, 0.3) is 10.9 Å². The zero-order valence-electron chi connectivity index (χ0n) is 16.3. The minimum atomic E-state index is -0.126. The molecule has 0 aliphatic heterocycles. The summed E-state index contributed by atoms with van der Waals surface area (Å²) in [4.78, 5) is 12.9. The molecule has 0 unspecified atom stereocenters. The van der Waals surface area contributed by atoms with E-state index in [9.17, 15) is 4.79 Å². The van der Waals surface area contributed by atoms with E-state index >= 15 is 0 Å². The van der Waals surface area contributed by atoms with Gasteiger partial charge in [-0.3, -0.25) is 4.79 Å². The number of para-hydroxylation sites is 1. The highest BCUT2D eigenvalue weighted by atomic mass is 16.4. The van der Waals surface area contributed by atoms with E-state index in [0.29, 0.717) is 24.2 Å². The number of amides is 1. The molecule has 4 rings (SSSR count). The van der Waals surface area contributed by atoms with Crippen LogP contribution < -0.4 is 11.1 Å². The Morgan fingerprint density at radius 3 is 2.37 bits per heavy atom. The number of oxime groups is 1. The molecule has 4 aromatic rings. The van der Waals surface area contributed by atoms with Gasteiger partial charge in [0.1, 0.15) is 0 Å². The number of carbonyl (C=O) groups is 1. The number of rotatable bonds is 6. The predicted octanol–water partition coefficient (Wildman–Crippen LogP) is 3.71. The first-order chi connectivity index (χ1) is 14.7. The molecular formula is C24H22N4O2. The van der Waals surface area contributed by atoms with Crippen molar-refractivity contribution in [2.75, 3.05) is 0 Å². The highest BCUT2D eigenvalue weighted by Crippen LogP contribution is 2.22. The molecule has 150 valence electrons. The number of aromatic nitrogens is 1.